The number of aryl methyl sites for hydroxylation is 1. The van der Waals surface area contributed by atoms with Gasteiger partial charge in [-0.15, -0.1) is 0 Å². The lowest BCUT2D eigenvalue weighted by Crippen LogP contribution is -1.83. The summed E-state index contributed by atoms with van der Waals surface area (Å²) in [6.07, 6.45) is 4.24. The van der Waals surface area contributed by atoms with Crippen molar-refractivity contribution >= 4 is 6.08 Å². The van der Waals surface area contributed by atoms with Crippen LogP contribution in [0.1, 0.15) is 66.0 Å². The first kappa shape index (κ1) is 21.3. The highest BCUT2D eigenvalue weighted by Gasteiger charge is 1.91. The van der Waals surface area contributed by atoms with E-state index in [1.165, 1.54) is 17.5 Å². The van der Waals surface area contributed by atoms with Crippen LogP contribution >= 0.6 is 0 Å². The molecular formula is C17H32. The lowest BCUT2D eigenvalue weighted by atomic mass is 10.1. The Kier molecular flexibility index (Phi) is 25.5. The van der Waals surface area contributed by atoms with Crippen molar-refractivity contribution in [2.24, 2.45) is 0 Å². The number of benzene rings is 1. The van der Waals surface area contributed by atoms with E-state index >= 15 is 0 Å². The van der Waals surface area contributed by atoms with Gasteiger partial charge < -0.3 is 0 Å². The summed E-state index contributed by atoms with van der Waals surface area (Å²) in [5, 5.41) is 0. The highest BCUT2D eigenvalue weighted by Crippen LogP contribution is 2.09. The molecule has 100 valence electrons. The second kappa shape index (κ2) is 20.4. The zero-order valence-electron chi connectivity index (χ0n) is 13.0. The van der Waals surface area contributed by atoms with E-state index in [9.17, 15) is 0 Å². The fraction of sp³-hybridized carbons (Fsp3) is 0.529. The molecule has 1 aromatic carbocycles. The molecule has 1 rings (SSSR count). The molecule has 0 unspecified atom stereocenters. The van der Waals surface area contributed by atoms with Gasteiger partial charge in [0, 0.05) is 0 Å². The summed E-state index contributed by atoms with van der Waals surface area (Å²) in [6.45, 7) is 18.1. The van der Waals surface area contributed by atoms with Gasteiger partial charge in [-0.25, -0.2) is 0 Å². The molecule has 0 nitrogen and oxygen atoms in total. The van der Waals surface area contributed by atoms with Crippen molar-refractivity contribution in [1.82, 2.24) is 0 Å². The Morgan fingerprint density at radius 2 is 1.35 bits per heavy atom. The van der Waals surface area contributed by atoms with Crippen LogP contribution in [0.2, 0.25) is 0 Å². The van der Waals surface area contributed by atoms with E-state index in [1.54, 1.807) is 0 Å². The predicted molar refractivity (Wildman–Crippen MR) is 84.6 cm³/mol. The third-order valence-corrected chi connectivity index (χ3v) is 1.66. The Labute approximate surface area is 110 Å². The lowest BCUT2D eigenvalue weighted by molar-refractivity contribution is 1.09. The van der Waals surface area contributed by atoms with Crippen molar-refractivity contribution in [3.8, 4) is 0 Å². The van der Waals surface area contributed by atoms with Crippen molar-refractivity contribution in [1.29, 1.82) is 0 Å². The Morgan fingerprint density at radius 3 is 1.65 bits per heavy atom. The van der Waals surface area contributed by atoms with Crippen LogP contribution in [0.25, 0.3) is 6.08 Å². The van der Waals surface area contributed by atoms with Crippen LogP contribution in [0.4, 0.5) is 0 Å². The van der Waals surface area contributed by atoms with Gasteiger partial charge in [-0.05, 0) is 17.5 Å². The monoisotopic (exact) mass is 236 g/mol. The second-order valence-electron chi connectivity index (χ2n) is 2.96. The van der Waals surface area contributed by atoms with Crippen molar-refractivity contribution in [3.63, 3.8) is 0 Å². The Balaban J connectivity index is -0.000000239. The van der Waals surface area contributed by atoms with Gasteiger partial charge >= 0.3 is 0 Å². The molecule has 17 heavy (non-hydrogen) atoms. The van der Waals surface area contributed by atoms with Gasteiger partial charge in [-0.1, -0.05) is 91.8 Å². The first-order valence-corrected chi connectivity index (χ1v) is 7.00. The van der Waals surface area contributed by atoms with Crippen LogP contribution in [0.3, 0.4) is 0 Å². The third kappa shape index (κ3) is 12.9. The molecule has 0 bridgehead atoms. The van der Waals surface area contributed by atoms with Crippen LogP contribution in [0.15, 0.2) is 30.8 Å². The maximum absolute atomic E-state index is 3.74. The summed E-state index contributed by atoms with van der Waals surface area (Å²) in [5.41, 5.74) is 2.63. The number of hydrogen-bond donors (Lipinski definition) is 0. The smallest absolute Gasteiger partial charge is 0.0231 e. The minimum atomic E-state index is 1.09. The summed E-state index contributed by atoms with van der Waals surface area (Å²) < 4.78 is 0. The van der Waals surface area contributed by atoms with Gasteiger partial charge in [-0.3, -0.25) is 0 Å². The molecule has 1 aromatic rings. The van der Waals surface area contributed by atoms with Crippen molar-refractivity contribution in [2.45, 2.75) is 61.3 Å². The molecule has 0 heterocycles. The maximum atomic E-state index is 3.74. The highest BCUT2D eigenvalue weighted by atomic mass is 14.0. The topological polar surface area (TPSA) is 0 Å². The van der Waals surface area contributed by atoms with E-state index in [2.05, 4.69) is 45.5 Å². The fourth-order valence-electron chi connectivity index (χ4n) is 1.06. The second-order valence-corrected chi connectivity index (χ2v) is 2.96. The molecule has 0 fully saturated rings. The van der Waals surface area contributed by atoms with Crippen LogP contribution in [0.5, 0.6) is 0 Å². The molecule has 0 spiro atoms. The Morgan fingerprint density at radius 1 is 0.941 bits per heavy atom. The van der Waals surface area contributed by atoms with E-state index in [0.717, 1.165) is 6.42 Å². The van der Waals surface area contributed by atoms with Crippen molar-refractivity contribution in [2.75, 3.05) is 0 Å². The van der Waals surface area contributed by atoms with Crippen LogP contribution in [-0.4, -0.2) is 0 Å². The first-order chi connectivity index (χ1) is 8.29. The van der Waals surface area contributed by atoms with Crippen LogP contribution < -0.4 is 0 Å². The highest BCUT2D eigenvalue weighted by molar-refractivity contribution is 5.51. The Bertz CT molecular complexity index is 236. The van der Waals surface area contributed by atoms with Gasteiger partial charge in [0.05, 0.1) is 0 Å². The fourth-order valence-corrected chi connectivity index (χ4v) is 1.06. The van der Waals surface area contributed by atoms with Crippen LogP contribution in [0, 0.1) is 0 Å². The SMILES string of the molecule is C=Cc1ccccc1CC.CC.CC.CCC. The summed E-state index contributed by atoms with van der Waals surface area (Å²) in [4.78, 5) is 0. The summed E-state index contributed by atoms with van der Waals surface area (Å²) >= 11 is 0. The molecule has 0 aromatic heterocycles. The molecule has 0 heteroatoms. The zero-order valence-corrected chi connectivity index (χ0v) is 13.0. The third-order valence-electron chi connectivity index (χ3n) is 1.66. The van der Waals surface area contributed by atoms with Gasteiger partial charge in [-0.2, -0.15) is 0 Å². The standard InChI is InChI=1S/C10H12.C3H8.2C2H6/c1-3-9-7-5-6-8-10(9)4-2;1-3-2;2*1-2/h3,5-8H,1,4H2,2H3;3H2,1-2H3;2*1-2H3. The lowest BCUT2D eigenvalue weighted by Gasteiger charge is -1.99. The molecule has 0 atom stereocenters. The minimum Gasteiger partial charge on any atom is -0.0985 e. The molecule has 0 aliphatic carbocycles. The van der Waals surface area contributed by atoms with Gasteiger partial charge in [0.15, 0.2) is 0 Å². The zero-order chi connectivity index (χ0) is 14.1. The van der Waals surface area contributed by atoms with Crippen molar-refractivity contribution in [3.05, 3.63) is 42.0 Å². The van der Waals surface area contributed by atoms with Crippen molar-refractivity contribution < 1.29 is 0 Å². The molecule has 0 N–H and O–H groups in total. The number of rotatable bonds is 2. The van der Waals surface area contributed by atoms with E-state index in [0.29, 0.717) is 0 Å². The summed E-state index contributed by atoms with van der Waals surface area (Å²) in [7, 11) is 0. The Hall–Kier alpha value is -1.04. The van der Waals surface area contributed by atoms with Gasteiger partial charge in [0.2, 0.25) is 0 Å². The summed E-state index contributed by atoms with van der Waals surface area (Å²) in [6, 6.07) is 8.32. The molecule has 0 radical (unpaired) electrons. The van der Waals surface area contributed by atoms with E-state index in [4.69, 9.17) is 0 Å². The average molecular weight is 236 g/mol. The van der Waals surface area contributed by atoms with Gasteiger partial charge in [0.25, 0.3) is 0 Å². The van der Waals surface area contributed by atoms with E-state index in [-0.39, 0.29) is 0 Å². The van der Waals surface area contributed by atoms with E-state index in [1.807, 2.05) is 39.8 Å². The average Bonchev–Trinajstić information content (AvgIpc) is 2.44. The molecular weight excluding hydrogens is 204 g/mol. The minimum absolute atomic E-state index is 1.09. The predicted octanol–water partition coefficient (Wildman–Crippen LogP) is 6.36. The quantitative estimate of drug-likeness (QED) is 0.560. The largest absolute Gasteiger partial charge is 0.0985 e. The summed E-state index contributed by atoms with van der Waals surface area (Å²) in [5.74, 6) is 0. The first-order valence-electron chi connectivity index (χ1n) is 7.00. The molecule has 0 amide bonds. The maximum Gasteiger partial charge on any atom is -0.0231 e. The molecule has 0 saturated carbocycles. The molecule has 0 aliphatic heterocycles. The van der Waals surface area contributed by atoms with E-state index < -0.39 is 0 Å². The normalized spacial score (nSPS) is 7.24. The molecule has 0 saturated heterocycles. The van der Waals surface area contributed by atoms with Gasteiger partial charge in [0.1, 0.15) is 0 Å². The van der Waals surface area contributed by atoms with Crippen LogP contribution in [-0.2, 0) is 6.42 Å². The number of hydrogen-bond acceptors (Lipinski definition) is 0. The molecule has 0 aliphatic rings.